The van der Waals surface area contributed by atoms with Crippen LogP contribution in [0.1, 0.15) is 11.4 Å². The molecule has 150 valence electrons. The molecule has 0 radical (unpaired) electrons. The highest BCUT2D eigenvalue weighted by molar-refractivity contribution is 6.03. The van der Waals surface area contributed by atoms with Crippen molar-refractivity contribution in [2.45, 2.75) is 13.5 Å². The van der Waals surface area contributed by atoms with Crippen LogP contribution in [0.3, 0.4) is 0 Å². The number of fused-ring (bicyclic) bond motifs is 1. The predicted octanol–water partition coefficient (Wildman–Crippen LogP) is 3.71. The Kier molecular flexibility index (Phi) is 4.39. The molecule has 7 nitrogen and oxygen atoms in total. The Hall–Kier alpha value is -3.81. The maximum absolute atomic E-state index is 14.3. The fraction of sp³-hybridized carbons (Fsp3) is 0.182. The summed E-state index contributed by atoms with van der Waals surface area (Å²) in [5, 5.41) is 5.18. The highest BCUT2D eigenvalue weighted by Crippen LogP contribution is 2.31. The third-order valence-corrected chi connectivity index (χ3v) is 5.22. The van der Waals surface area contributed by atoms with Gasteiger partial charge < -0.3 is 4.90 Å². The lowest BCUT2D eigenvalue weighted by atomic mass is 10.2. The Morgan fingerprint density at radius 2 is 1.73 bits per heavy atom. The number of nitrogens with zero attached hydrogens (tertiary/aromatic N) is 6. The molecule has 0 atom stereocenters. The molecule has 2 amide bonds. The van der Waals surface area contributed by atoms with E-state index in [9.17, 15) is 9.18 Å². The minimum Gasteiger partial charge on any atom is -0.315 e. The molecule has 0 saturated carbocycles. The van der Waals surface area contributed by atoms with Crippen LogP contribution in [0.15, 0.2) is 61.1 Å². The third-order valence-electron chi connectivity index (χ3n) is 5.22. The van der Waals surface area contributed by atoms with Crippen LogP contribution in [0.5, 0.6) is 0 Å². The highest BCUT2D eigenvalue weighted by atomic mass is 19.1. The monoisotopic (exact) mass is 402 g/mol. The summed E-state index contributed by atoms with van der Waals surface area (Å²) in [6.45, 7) is 3.41. The third kappa shape index (κ3) is 3.06. The van der Waals surface area contributed by atoms with E-state index in [0.29, 0.717) is 31.1 Å². The van der Waals surface area contributed by atoms with Crippen molar-refractivity contribution >= 4 is 22.6 Å². The van der Waals surface area contributed by atoms with Crippen molar-refractivity contribution in [3.8, 4) is 5.69 Å². The van der Waals surface area contributed by atoms with E-state index >= 15 is 0 Å². The van der Waals surface area contributed by atoms with Gasteiger partial charge in [0.2, 0.25) is 0 Å². The molecule has 5 rings (SSSR count). The van der Waals surface area contributed by atoms with Gasteiger partial charge in [-0.2, -0.15) is 5.10 Å². The molecule has 3 heterocycles. The van der Waals surface area contributed by atoms with Gasteiger partial charge in [0.15, 0.2) is 0 Å². The average Bonchev–Trinajstić information content (AvgIpc) is 3.34. The molecule has 2 aromatic heterocycles. The van der Waals surface area contributed by atoms with Crippen molar-refractivity contribution in [3.63, 3.8) is 0 Å². The van der Waals surface area contributed by atoms with Crippen LogP contribution in [0.25, 0.3) is 16.6 Å². The first-order valence-electron chi connectivity index (χ1n) is 9.67. The topological polar surface area (TPSA) is 67.2 Å². The summed E-state index contributed by atoms with van der Waals surface area (Å²) in [7, 11) is 0. The Bertz CT molecular complexity index is 1240. The number of aromatic nitrogens is 4. The number of aryl methyl sites for hydroxylation is 1. The molecule has 1 aliphatic heterocycles. The summed E-state index contributed by atoms with van der Waals surface area (Å²) >= 11 is 0. The first-order chi connectivity index (χ1) is 14.6. The van der Waals surface area contributed by atoms with E-state index in [0.717, 1.165) is 22.2 Å². The van der Waals surface area contributed by atoms with Crippen molar-refractivity contribution in [2.75, 3.05) is 18.0 Å². The van der Waals surface area contributed by atoms with Crippen LogP contribution in [0, 0.1) is 12.7 Å². The first-order valence-corrected chi connectivity index (χ1v) is 9.67. The van der Waals surface area contributed by atoms with Crippen LogP contribution in [0.4, 0.5) is 14.9 Å². The van der Waals surface area contributed by atoms with Crippen LogP contribution in [0.2, 0.25) is 0 Å². The first kappa shape index (κ1) is 18.2. The van der Waals surface area contributed by atoms with Gasteiger partial charge in [0.1, 0.15) is 17.3 Å². The van der Waals surface area contributed by atoms with Gasteiger partial charge in [-0.15, -0.1) is 0 Å². The molecular formula is C22H19FN6O. The quantitative estimate of drug-likeness (QED) is 0.522. The van der Waals surface area contributed by atoms with Crippen molar-refractivity contribution in [1.29, 1.82) is 0 Å². The van der Waals surface area contributed by atoms with Crippen LogP contribution >= 0.6 is 0 Å². The normalized spacial score (nSPS) is 14.1. The van der Waals surface area contributed by atoms with Gasteiger partial charge in [-0.25, -0.2) is 23.8 Å². The van der Waals surface area contributed by atoms with Gasteiger partial charge in [0.25, 0.3) is 0 Å². The summed E-state index contributed by atoms with van der Waals surface area (Å²) in [4.78, 5) is 25.1. The standard InChI is InChI=1S/C22H19FN6O/c1-15-11-24-21(25-12-15)14-27-9-10-28(22(27)30)18-7-4-8-19-16(18)13-26-29(19)20-6-3-2-5-17(20)23/h2-8,11-13H,9-10,14H2,1H3. The predicted molar refractivity (Wildman–Crippen MR) is 111 cm³/mol. The van der Waals surface area contributed by atoms with Gasteiger partial charge in [0.05, 0.1) is 23.9 Å². The molecule has 2 aromatic carbocycles. The number of carbonyl (C=O) groups excluding carboxylic acids is 1. The van der Waals surface area contributed by atoms with Gasteiger partial charge in [0, 0.05) is 30.9 Å². The lowest BCUT2D eigenvalue weighted by molar-refractivity contribution is 0.217. The minimum atomic E-state index is -0.352. The molecule has 30 heavy (non-hydrogen) atoms. The number of para-hydroxylation sites is 1. The number of carbonyl (C=O) groups is 1. The van der Waals surface area contributed by atoms with E-state index in [1.807, 2.05) is 25.1 Å². The van der Waals surface area contributed by atoms with Gasteiger partial charge in [-0.05, 0) is 36.8 Å². The zero-order valence-electron chi connectivity index (χ0n) is 16.4. The fourth-order valence-electron chi connectivity index (χ4n) is 3.71. The van der Waals surface area contributed by atoms with E-state index in [4.69, 9.17) is 0 Å². The fourth-order valence-corrected chi connectivity index (χ4v) is 3.71. The molecule has 1 aliphatic rings. The lowest BCUT2D eigenvalue weighted by Crippen LogP contribution is -2.32. The number of halogens is 1. The van der Waals surface area contributed by atoms with E-state index < -0.39 is 0 Å². The van der Waals surface area contributed by atoms with E-state index in [2.05, 4.69) is 15.1 Å². The molecule has 1 saturated heterocycles. The van der Waals surface area contributed by atoms with Gasteiger partial charge in [-0.1, -0.05) is 18.2 Å². The number of anilines is 1. The average molecular weight is 402 g/mol. The zero-order valence-corrected chi connectivity index (χ0v) is 16.4. The SMILES string of the molecule is Cc1cnc(CN2CCN(c3cccc4c3cnn4-c3ccccc3F)C2=O)nc1. The van der Waals surface area contributed by atoms with Crippen molar-refractivity contribution < 1.29 is 9.18 Å². The molecule has 8 heteroatoms. The summed E-state index contributed by atoms with van der Waals surface area (Å²) in [5.74, 6) is 0.260. The maximum atomic E-state index is 14.3. The summed E-state index contributed by atoms with van der Waals surface area (Å²) in [6, 6.07) is 12.0. The van der Waals surface area contributed by atoms with Crippen molar-refractivity contribution in [3.05, 3.63) is 78.3 Å². The number of rotatable bonds is 4. The van der Waals surface area contributed by atoms with Gasteiger partial charge >= 0.3 is 6.03 Å². The molecule has 0 unspecified atom stereocenters. The van der Waals surface area contributed by atoms with Crippen LogP contribution in [-0.4, -0.2) is 43.8 Å². The summed E-state index contributed by atoms with van der Waals surface area (Å²) in [6.07, 6.45) is 5.17. The second kappa shape index (κ2) is 7.22. The highest BCUT2D eigenvalue weighted by Gasteiger charge is 2.31. The van der Waals surface area contributed by atoms with E-state index in [1.54, 1.807) is 51.3 Å². The van der Waals surface area contributed by atoms with Gasteiger partial charge in [-0.3, -0.25) is 4.90 Å². The summed E-state index contributed by atoms with van der Waals surface area (Å²) < 4.78 is 15.8. The second-order valence-electron chi connectivity index (χ2n) is 7.25. The van der Waals surface area contributed by atoms with Crippen molar-refractivity contribution in [2.24, 2.45) is 0 Å². The molecule has 4 aromatic rings. The number of urea groups is 1. The molecule has 1 fully saturated rings. The second-order valence-corrected chi connectivity index (χ2v) is 7.25. The number of benzene rings is 2. The molecule has 0 aliphatic carbocycles. The minimum absolute atomic E-state index is 0.106. The molecule has 0 bridgehead atoms. The number of amides is 2. The zero-order chi connectivity index (χ0) is 20.7. The van der Waals surface area contributed by atoms with Crippen molar-refractivity contribution in [1.82, 2.24) is 24.6 Å². The van der Waals surface area contributed by atoms with Crippen LogP contribution in [-0.2, 0) is 6.54 Å². The largest absolute Gasteiger partial charge is 0.325 e. The Labute approximate surface area is 172 Å². The maximum Gasteiger partial charge on any atom is 0.325 e. The van der Waals surface area contributed by atoms with E-state index in [1.165, 1.54) is 6.07 Å². The Balaban J connectivity index is 1.46. The summed E-state index contributed by atoms with van der Waals surface area (Å²) in [5.41, 5.74) is 2.85. The lowest BCUT2D eigenvalue weighted by Gasteiger charge is -2.19. The van der Waals surface area contributed by atoms with Crippen LogP contribution < -0.4 is 4.90 Å². The Morgan fingerprint density at radius 1 is 0.967 bits per heavy atom. The van der Waals surface area contributed by atoms with E-state index in [-0.39, 0.29) is 11.8 Å². The number of hydrogen-bond acceptors (Lipinski definition) is 4. The molecule has 0 spiro atoms. The Morgan fingerprint density at radius 3 is 2.53 bits per heavy atom. The smallest absolute Gasteiger partial charge is 0.315 e. The molecular weight excluding hydrogens is 383 g/mol. The number of hydrogen-bond donors (Lipinski definition) is 0. The molecule has 0 N–H and O–H groups in total.